The average molecular weight is 406 g/mol. The fraction of sp³-hybridized carbons (Fsp3) is 0.0714. The van der Waals surface area contributed by atoms with Gasteiger partial charge in [0.2, 0.25) is 0 Å². The maximum Gasteiger partial charge on any atom is 0.137 e. The molecule has 0 atom stereocenters. The topological polar surface area (TPSA) is 29.3 Å². The van der Waals surface area contributed by atoms with Crippen LogP contribution in [0.5, 0.6) is 0 Å². The minimum Gasteiger partial charge on any atom is -0.378 e. The fourth-order valence-corrected chi connectivity index (χ4v) is 2.96. The Morgan fingerprint density at radius 3 is 2.67 bits per heavy atom. The van der Waals surface area contributed by atoms with Gasteiger partial charge < -0.3 is 9.72 Å². The molecular formula is C14H9BrCl3N3. The maximum atomic E-state index is 6.20. The molecule has 2 aromatic heterocycles. The molecule has 21 heavy (non-hydrogen) atoms. The van der Waals surface area contributed by atoms with E-state index in [1.54, 1.807) is 0 Å². The normalized spacial score (nSPS) is 11.0. The lowest BCUT2D eigenvalue weighted by Crippen LogP contribution is -2.00. The van der Waals surface area contributed by atoms with Crippen molar-refractivity contribution in [3.05, 3.63) is 61.9 Å². The van der Waals surface area contributed by atoms with Gasteiger partial charge in [0, 0.05) is 16.9 Å². The summed E-state index contributed by atoms with van der Waals surface area (Å²) in [4.78, 5) is 4.50. The largest absolute Gasteiger partial charge is 0.378 e. The summed E-state index contributed by atoms with van der Waals surface area (Å²) in [6, 6.07) is 7.40. The molecule has 3 aromatic rings. The molecule has 2 heterocycles. The number of hydrogen-bond donors (Lipinski definition) is 1. The minimum absolute atomic E-state index is 0.484. The maximum absolute atomic E-state index is 6.20. The Morgan fingerprint density at radius 1 is 1.05 bits per heavy atom. The molecule has 3 rings (SSSR count). The van der Waals surface area contributed by atoms with Gasteiger partial charge in [-0.3, -0.25) is 0 Å². The zero-order valence-electron chi connectivity index (χ0n) is 10.6. The Labute approximate surface area is 145 Å². The number of benzene rings is 1. The first kappa shape index (κ1) is 15.0. The number of aromatic nitrogens is 2. The van der Waals surface area contributed by atoms with Gasteiger partial charge in [-0.2, -0.15) is 0 Å². The van der Waals surface area contributed by atoms with E-state index >= 15 is 0 Å². The first-order chi connectivity index (χ1) is 10.0. The summed E-state index contributed by atoms with van der Waals surface area (Å²) in [6.07, 6.45) is 3.74. The second-order valence-corrected chi connectivity index (χ2v) is 6.47. The lowest BCUT2D eigenvalue weighted by Gasteiger charge is -2.09. The summed E-state index contributed by atoms with van der Waals surface area (Å²) in [5.41, 5.74) is 2.49. The number of rotatable bonds is 3. The van der Waals surface area contributed by atoms with Gasteiger partial charge in [0.1, 0.15) is 5.65 Å². The van der Waals surface area contributed by atoms with Crippen molar-refractivity contribution >= 4 is 62.1 Å². The van der Waals surface area contributed by atoms with E-state index in [1.807, 2.05) is 41.1 Å². The summed E-state index contributed by atoms with van der Waals surface area (Å²) in [7, 11) is 0. The molecule has 3 nitrogen and oxygen atoms in total. The van der Waals surface area contributed by atoms with E-state index in [9.17, 15) is 0 Å². The smallest absolute Gasteiger partial charge is 0.137 e. The highest BCUT2D eigenvalue weighted by Crippen LogP contribution is 2.35. The molecule has 7 heteroatoms. The molecule has 0 aliphatic heterocycles. The Hall–Kier alpha value is -0.940. The number of fused-ring (bicyclic) bond motifs is 1. The fourth-order valence-electron chi connectivity index (χ4n) is 1.95. The number of nitrogens with zero attached hydrogens (tertiary/aromatic N) is 2. The predicted molar refractivity (Wildman–Crippen MR) is 91.7 cm³/mol. The highest BCUT2D eigenvalue weighted by Gasteiger charge is 2.09. The number of anilines is 1. The van der Waals surface area contributed by atoms with Crippen molar-refractivity contribution in [1.29, 1.82) is 0 Å². The van der Waals surface area contributed by atoms with Crippen LogP contribution in [0.2, 0.25) is 15.1 Å². The zero-order chi connectivity index (χ0) is 15.0. The van der Waals surface area contributed by atoms with E-state index in [4.69, 9.17) is 34.8 Å². The second-order valence-electron chi connectivity index (χ2n) is 4.42. The van der Waals surface area contributed by atoms with Gasteiger partial charge in [0.15, 0.2) is 0 Å². The molecule has 1 aromatic carbocycles. The van der Waals surface area contributed by atoms with Gasteiger partial charge in [-0.05, 0) is 40.2 Å². The first-order valence-corrected chi connectivity index (χ1v) is 7.98. The number of pyridine rings is 1. The number of imidazole rings is 1. The highest BCUT2D eigenvalue weighted by atomic mass is 79.9. The summed E-state index contributed by atoms with van der Waals surface area (Å²) in [5, 5.41) is 4.87. The molecule has 0 fully saturated rings. The molecule has 0 spiro atoms. The third-order valence-corrected chi connectivity index (χ3v) is 4.95. The predicted octanol–water partition coefficient (Wildman–Crippen LogP) is 5.67. The summed E-state index contributed by atoms with van der Waals surface area (Å²) in [6.45, 7) is 0.539. The Bertz CT molecular complexity index is 817. The van der Waals surface area contributed by atoms with Crippen LogP contribution in [0.3, 0.4) is 0 Å². The van der Waals surface area contributed by atoms with Crippen molar-refractivity contribution in [2.75, 3.05) is 5.32 Å². The molecule has 0 saturated heterocycles. The van der Waals surface area contributed by atoms with Crippen molar-refractivity contribution in [1.82, 2.24) is 9.38 Å². The summed E-state index contributed by atoms with van der Waals surface area (Å²) in [5.74, 6) is 0. The lowest BCUT2D eigenvalue weighted by atomic mass is 10.3. The van der Waals surface area contributed by atoms with E-state index < -0.39 is 0 Å². The molecule has 0 aliphatic carbocycles. The summed E-state index contributed by atoms with van der Waals surface area (Å²) < 4.78 is 2.65. The van der Waals surface area contributed by atoms with Crippen LogP contribution < -0.4 is 5.32 Å². The monoisotopic (exact) mass is 403 g/mol. The van der Waals surface area contributed by atoms with Gasteiger partial charge >= 0.3 is 0 Å². The van der Waals surface area contributed by atoms with Gasteiger partial charge in [0.05, 0.1) is 33.0 Å². The van der Waals surface area contributed by atoms with Crippen molar-refractivity contribution in [2.24, 2.45) is 0 Å². The van der Waals surface area contributed by atoms with E-state index in [-0.39, 0.29) is 0 Å². The van der Waals surface area contributed by atoms with Crippen LogP contribution in [0.25, 0.3) is 5.65 Å². The molecular weight excluding hydrogens is 396 g/mol. The highest BCUT2D eigenvalue weighted by molar-refractivity contribution is 9.10. The lowest BCUT2D eigenvalue weighted by molar-refractivity contribution is 1.08. The minimum atomic E-state index is 0.484. The van der Waals surface area contributed by atoms with Gasteiger partial charge in [-0.15, -0.1) is 0 Å². The third kappa shape index (κ3) is 3.14. The van der Waals surface area contributed by atoms with Crippen molar-refractivity contribution in [2.45, 2.75) is 6.54 Å². The molecule has 0 radical (unpaired) electrons. The molecule has 0 unspecified atom stereocenters. The van der Waals surface area contributed by atoms with E-state index in [2.05, 4.69) is 26.2 Å². The first-order valence-electron chi connectivity index (χ1n) is 6.05. The van der Waals surface area contributed by atoms with Crippen molar-refractivity contribution in [3.8, 4) is 0 Å². The van der Waals surface area contributed by atoms with Crippen LogP contribution in [0.15, 0.2) is 41.1 Å². The molecule has 0 amide bonds. The molecule has 0 bridgehead atoms. The van der Waals surface area contributed by atoms with Crippen LogP contribution >= 0.6 is 50.7 Å². The quantitative estimate of drug-likeness (QED) is 0.569. The van der Waals surface area contributed by atoms with Crippen molar-refractivity contribution in [3.63, 3.8) is 0 Å². The van der Waals surface area contributed by atoms with E-state index in [1.165, 1.54) is 0 Å². The van der Waals surface area contributed by atoms with Gasteiger partial charge in [-0.1, -0.05) is 34.8 Å². The third-order valence-electron chi connectivity index (χ3n) is 2.96. The van der Waals surface area contributed by atoms with Crippen LogP contribution in [0.1, 0.15) is 5.69 Å². The van der Waals surface area contributed by atoms with Crippen LogP contribution in [-0.2, 0) is 6.54 Å². The number of nitrogens with one attached hydrogen (secondary N) is 1. The van der Waals surface area contributed by atoms with Crippen LogP contribution in [0.4, 0.5) is 5.69 Å². The molecule has 0 saturated carbocycles. The van der Waals surface area contributed by atoms with Crippen molar-refractivity contribution < 1.29 is 0 Å². The van der Waals surface area contributed by atoms with E-state index in [0.29, 0.717) is 21.6 Å². The Kier molecular flexibility index (Phi) is 4.31. The Balaban J connectivity index is 1.82. The number of hydrogen-bond acceptors (Lipinski definition) is 2. The van der Waals surface area contributed by atoms with Gasteiger partial charge in [0.25, 0.3) is 0 Å². The van der Waals surface area contributed by atoms with Crippen LogP contribution in [0, 0.1) is 0 Å². The molecule has 0 aliphatic rings. The zero-order valence-corrected chi connectivity index (χ0v) is 14.4. The second kappa shape index (κ2) is 6.05. The summed E-state index contributed by atoms with van der Waals surface area (Å²) >= 11 is 21.6. The SMILES string of the molecule is Clc1ccc2nc(CNc3ccc(Br)c(Cl)c3Cl)cn2c1. The van der Waals surface area contributed by atoms with Crippen LogP contribution in [-0.4, -0.2) is 9.38 Å². The molecule has 108 valence electrons. The van der Waals surface area contributed by atoms with E-state index in [0.717, 1.165) is 21.5 Å². The standard InChI is InChI=1S/C14H9BrCl3N3/c15-10-2-3-11(14(18)13(10)17)19-5-9-7-21-6-8(16)1-4-12(21)20-9/h1-4,6-7,19H,5H2. The molecule has 1 N–H and O–H groups in total. The Morgan fingerprint density at radius 2 is 1.86 bits per heavy atom. The average Bonchev–Trinajstić information content (AvgIpc) is 2.86. The number of halogens is 4. The van der Waals surface area contributed by atoms with Gasteiger partial charge in [-0.25, -0.2) is 4.98 Å².